The van der Waals surface area contributed by atoms with Crippen LogP contribution in [0.1, 0.15) is 5.56 Å². The lowest BCUT2D eigenvalue weighted by atomic mass is 10.3. The highest BCUT2D eigenvalue weighted by molar-refractivity contribution is 7.92. The van der Waals surface area contributed by atoms with Crippen LogP contribution in [0.4, 0.5) is 10.1 Å². The smallest absolute Gasteiger partial charge is 0.279 e. The summed E-state index contributed by atoms with van der Waals surface area (Å²) in [4.78, 5) is 0. The van der Waals surface area contributed by atoms with Crippen molar-refractivity contribution in [1.82, 2.24) is 15.5 Å². The first kappa shape index (κ1) is 14.8. The van der Waals surface area contributed by atoms with Gasteiger partial charge in [-0.15, -0.1) is 0 Å². The topological polar surface area (TPSA) is 86.9 Å². The van der Waals surface area contributed by atoms with Crippen molar-refractivity contribution in [3.63, 3.8) is 0 Å². The summed E-state index contributed by atoms with van der Waals surface area (Å²) in [6.07, 6.45) is 1.39. The average Bonchev–Trinajstić information content (AvgIpc) is 2.84. The van der Waals surface area contributed by atoms with Gasteiger partial charge >= 0.3 is 0 Å². The van der Waals surface area contributed by atoms with E-state index in [1.165, 1.54) is 24.4 Å². The van der Waals surface area contributed by atoms with Gasteiger partial charge in [0.2, 0.25) is 0 Å². The minimum atomic E-state index is -3.97. The van der Waals surface area contributed by atoms with Gasteiger partial charge in [-0.05, 0) is 19.2 Å². The fraction of sp³-hybridized carbons (Fsp3) is 0.182. The second-order valence-electron chi connectivity index (χ2n) is 3.96. The van der Waals surface area contributed by atoms with E-state index in [9.17, 15) is 12.8 Å². The lowest BCUT2D eigenvalue weighted by Crippen LogP contribution is -2.17. The molecule has 9 heteroatoms. The Morgan fingerprint density at radius 2 is 2.20 bits per heavy atom. The van der Waals surface area contributed by atoms with Gasteiger partial charge in [-0.1, -0.05) is 17.7 Å². The van der Waals surface area contributed by atoms with E-state index in [4.69, 9.17) is 11.6 Å². The molecule has 0 spiro atoms. The summed E-state index contributed by atoms with van der Waals surface area (Å²) in [6.45, 7) is 0.310. The normalized spacial score (nSPS) is 11.6. The predicted octanol–water partition coefficient (Wildman–Crippen LogP) is 1.72. The van der Waals surface area contributed by atoms with Crippen LogP contribution in [-0.4, -0.2) is 25.7 Å². The van der Waals surface area contributed by atoms with Crippen molar-refractivity contribution >= 4 is 27.3 Å². The molecule has 0 unspecified atom stereocenters. The number of halogens is 2. The molecule has 1 aromatic heterocycles. The highest BCUT2D eigenvalue weighted by Gasteiger charge is 2.22. The largest absolute Gasteiger partial charge is 0.316 e. The van der Waals surface area contributed by atoms with E-state index in [0.717, 1.165) is 0 Å². The third-order valence-electron chi connectivity index (χ3n) is 2.51. The van der Waals surface area contributed by atoms with Crippen molar-refractivity contribution in [1.29, 1.82) is 0 Å². The van der Waals surface area contributed by atoms with E-state index in [-0.39, 0.29) is 15.7 Å². The zero-order valence-corrected chi connectivity index (χ0v) is 12.0. The Kier molecular flexibility index (Phi) is 4.26. The minimum Gasteiger partial charge on any atom is -0.316 e. The average molecular weight is 319 g/mol. The molecule has 0 fully saturated rings. The Morgan fingerprint density at radius 3 is 2.90 bits per heavy atom. The van der Waals surface area contributed by atoms with Crippen LogP contribution in [0.3, 0.4) is 0 Å². The highest BCUT2D eigenvalue weighted by Crippen LogP contribution is 2.24. The number of nitrogens with zero attached hydrogens (tertiary/aromatic N) is 1. The number of aromatic amines is 1. The molecule has 0 atom stereocenters. The fourth-order valence-corrected chi connectivity index (χ4v) is 2.99. The van der Waals surface area contributed by atoms with Gasteiger partial charge in [0.15, 0.2) is 10.8 Å². The molecule has 2 aromatic rings. The maximum absolute atomic E-state index is 13.7. The summed E-state index contributed by atoms with van der Waals surface area (Å²) >= 11 is 5.61. The van der Waals surface area contributed by atoms with E-state index in [0.29, 0.717) is 12.1 Å². The lowest BCUT2D eigenvalue weighted by Gasteiger charge is -2.09. The number of hydrogen-bond donors (Lipinski definition) is 3. The first-order valence-electron chi connectivity index (χ1n) is 5.59. The van der Waals surface area contributed by atoms with E-state index in [1.807, 2.05) is 0 Å². The molecule has 0 bridgehead atoms. The number of sulfonamides is 1. The van der Waals surface area contributed by atoms with Crippen LogP contribution < -0.4 is 10.0 Å². The molecule has 0 saturated carbocycles. The van der Waals surface area contributed by atoms with Crippen LogP contribution in [0.15, 0.2) is 29.4 Å². The van der Waals surface area contributed by atoms with Crippen molar-refractivity contribution in [3.05, 3.63) is 40.8 Å². The molecule has 1 aromatic carbocycles. The van der Waals surface area contributed by atoms with E-state index < -0.39 is 15.8 Å². The van der Waals surface area contributed by atoms with Gasteiger partial charge in [0, 0.05) is 12.1 Å². The van der Waals surface area contributed by atoms with E-state index in [2.05, 4.69) is 20.2 Å². The summed E-state index contributed by atoms with van der Waals surface area (Å²) in [5, 5.41) is 8.61. The zero-order chi connectivity index (χ0) is 14.8. The maximum atomic E-state index is 13.7. The first-order chi connectivity index (χ1) is 9.45. The number of nitrogens with one attached hydrogen (secondary N) is 3. The second kappa shape index (κ2) is 5.78. The van der Waals surface area contributed by atoms with Crippen LogP contribution in [0, 0.1) is 5.82 Å². The predicted molar refractivity (Wildman–Crippen MR) is 73.6 cm³/mol. The molecule has 6 nitrogen and oxygen atoms in total. The molecule has 0 saturated heterocycles. The first-order valence-corrected chi connectivity index (χ1v) is 7.45. The van der Waals surface area contributed by atoms with Gasteiger partial charge in [-0.25, -0.2) is 4.39 Å². The molecule has 0 aliphatic heterocycles. The molecule has 2 rings (SSSR count). The monoisotopic (exact) mass is 318 g/mol. The lowest BCUT2D eigenvalue weighted by molar-refractivity contribution is 0.592. The quantitative estimate of drug-likeness (QED) is 0.783. The van der Waals surface area contributed by atoms with Gasteiger partial charge < -0.3 is 5.32 Å². The van der Waals surface area contributed by atoms with Crippen LogP contribution in [0.5, 0.6) is 0 Å². The Labute approximate surface area is 120 Å². The number of benzene rings is 1. The summed E-state index contributed by atoms with van der Waals surface area (Å²) < 4.78 is 40.3. The molecular formula is C11H12ClFN4O2S. The van der Waals surface area contributed by atoms with Gasteiger partial charge in [-0.2, -0.15) is 13.5 Å². The Morgan fingerprint density at radius 1 is 1.45 bits per heavy atom. The van der Waals surface area contributed by atoms with Crippen molar-refractivity contribution in [3.8, 4) is 0 Å². The second-order valence-corrected chi connectivity index (χ2v) is 5.99. The van der Waals surface area contributed by atoms with Crippen LogP contribution in [0.2, 0.25) is 5.02 Å². The molecule has 0 aliphatic carbocycles. The zero-order valence-electron chi connectivity index (χ0n) is 10.4. The summed E-state index contributed by atoms with van der Waals surface area (Å²) in [5.41, 5.74) is 0.227. The highest BCUT2D eigenvalue weighted by atomic mass is 35.5. The van der Waals surface area contributed by atoms with Crippen molar-refractivity contribution in [2.24, 2.45) is 0 Å². The van der Waals surface area contributed by atoms with E-state index in [1.54, 1.807) is 7.05 Å². The number of hydrogen-bond acceptors (Lipinski definition) is 4. The number of anilines is 1. The Balaban J connectivity index is 2.36. The standard InChI is InChI=1S/C11H12ClFN4O2S/c1-14-5-7-6-15-16-11(7)20(18,19)17-9-4-2-3-8(12)10(9)13/h2-4,6,14,17H,5H2,1H3,(H,15,16). The summed E-state index contributed by atoms with van der Waals surface area (Å²) in [7, 11) is -2.29. The van der Waals surface area contributed by atoms with Gasteiger partial charge in [0.25, 0.3) is 10.0 Å². The molecule has 0 amide bonds. The Bertz CT molecular complexity index is 717. The van der Waals surface area contributed by atoms with Gasteiger partial charge in [0.05, 0.1) is 16.9 Å². The maximum Gasteiger partial charge on any atom is 0.279 e. The third-order valence-corrected chi connectivity index (χ3v) is 4.18. The molecule has 108 valence electrons. The van der Waals surface area contributed by atoms with Gasteiger partial charge in [0.1, 0.15) is 0 Å². The SMILES string of the molecule is CNCc1cn[nH]c1S(=O)(=O)Nc1cccc(Cl)c1F. The number of H-pyrrole nitrogens is 1. The minimum absolute atomic E-state index is 0.119. The van der Waals surface area contributed by atoms with Crippen LogP contribution in [0.25, 0.3) is 0 Å². The molecule has 0 radical (unpaired) electrons. The van der Waals surface area contributed by atoms with Crippen LogP contribution in [-0.2, 0) is 16.6 Å². The molecule has 20 heavy (non-hydrogen) atoms. The van der Waals surface area contributed by atoms with Crippen molar-refractivity contribution in [2.75, 3.05) is 11.8 Å². The number of aromatic nitrogens is 2. The molecular weight excluding hydrogens is 307 g/mol. The van der Waals surface area contributed by atoms with Crippen molar-refractivity contribution in [2.45, 2.75) is 11.6 Å². The van der Waals surface area contributed by atoms with E-state index >= 15 is 0 Å². The summed E-state index contributed by atoms with van der Waals surface area (Å²) in [6, 6.07) is 4.06. The Hall–Kier alpha value is -1.64. The van der Waals surface area contributed by atoms with Gasteiger partial charge in [-0.3, -0.25) is 9.82 Å². The molecule has 1 heterocycles. The van der Waals surface area contributed by atoms with Crippen LogP contribution >= 0.6 is 11.6 Å². The fourth-order valence-electron chi connectivity index (χ4n) is 1.63. The molecule has 0 aliphatic rings. The van der Waals surface area contributed by atoms with Crippen molar-refractivity contribution < 1.29 is 12.8 Å². The number of rotatable bonds is 5. The molecule has 3 N–H and O–H groups in total. The summed E-state index contributed by atoms with van der Waals surface area (Å²) in [5.74, 6) is -0.826. The third kappa shape index (κ3) is 2.92.